The van der Waals surface area contributed by atoms with Crippen LogP contribution in [0.4, 0.5) is 0 Å². The second-order valence-corrected chi connectivity index (χ2v) is 19.8. The number of ether oxygens (including phenoxy) is 7. The van der Waals surface area contributed by atoms with Crippen LogP contribution in [0.2, 0.25) is 0 Å². The van der Waals surface area contributed by atoms with Gasteiger partial charge in [0.1, 0.15) is 23.7 Å². The third-order valence-corrected chi connectivity index (χ3v) is 14.0. The zero-order valence-electron chi connectivity index (χ0n) is 39.1. The van der Waals surface area contributed by atoms with E-state index in [4.69, 9.17) is 33.2 Å². The van der Waals surface area contributed by atoms with Gasteiger partial charge in [0.15, 0.2) is 12.6 Å². The van der Waals surface area contributed by atoms with E-state index in [9.17, 15) is 24.6 Å². The highest BCUT2D eigenvalue weighted by atomic mass is 32.1. The molecular formula is C44H76N4O12S. The van der Waals surface area contributed by atoms with Crippen molar-refractivity contribution in [3.05, 3.63) is 15.6 Å². The fourth-order valence-corrected chi connectivity index (χ4v) is 10.0. The Balaban J connectivity index is 1.65. The third kappa shape index (κ3) is 13.1. The van der Waals surface area contributed by atoms with E-state index in [0.717, 1.165) is 10.7 Å². The molecule has 4 rings (SSSR count). The molecule has 17 heteroatoms. The first-order chi connectivity index (χ1) is 28.5. The minimum atomic E-state index is -1.55. The summed E-state index contributed by atoms with van der Waals surface area (Å²) in [5, 5.41) is 27.6. The number of aryl methyl sites for hydroxylation is 1. The van der Waals surface area contributed by atoms with Crippen molar-refractivity contribution in [3.63, 3.8) is 0 Å². The number of methoxy groups -OCH3 is 1. The van der Waals surface area contributed by atoms with Crippen LogP contribution in [-0.2, 0) is 42.7 Å². The predicted octanol–water partition coefficient (Wildman–Crippen LogP) is 4.27. The van der Waals surface area contributed by atoms with Crippen LogP contribution in [0.15, 0.2) is 0 Å². The van der Waals surface area contributed by atoms with Gasteiger partial charge in [-0.05, 0) is 80.8 Å². The minimum absolute atomic E-state index is 0.0150. The molecule has 0 aliphatic carbocycles. The third-order valence-electron chi connectivity index (χ3n) is 12.6. The second-order valence-electron chi connectivity index (χ2n) is 18.7. The molecule has 4 heterocycles. The van der Waals surface area contributed by atoms with E-state index < -0.39 is 72.1 Å². The van der Waals surface area contributed by atoms with Gasteiger partial charge < -0.3 is 58.5 Å². The average Bonchev–Trinajstić information content (AvgIpc) is 3.58. The molecule has 1 aromatic rings. The number of likely N-dealkylation sites (N-methyl/N-ethyl adjacent to an activating group) is 1. The Morgan fingerprint density at radius 1 is 1.08 bits per heavy atom. The molecule has 14 atom stereocenters. The van der Waals surface area contributed by atoms with Crippen molar-refractivity contribution in [3.8, 4) is 0 Å². The molecule has 0 aromatic carbocycles. The van der Waals surface area contributed by atoms with Crippen molar-refractivity contribution in [2.45, 2.75) is 174 Å². The summed E-state index contributed by atoms with van der Waals surface area (Å²) in [6.45, 7) is 19.6. The van der Waals surface area contributed by atoms with E-state index in [1.807, 2.05) is 41.8 Å². The Kier molecular flexibility index (Phi) is 18.5. The largest absolute Gasteiger partial charge is 0.465 e. The lowest BCUT2D eigenvalue weighted by Gasteiger charge is -2.49. The lowest BCUT2D eigenvalue weighted by atomic mass is 9.77. The summed E-state index contributed by atoms with van der Waals surface area (Å²) in [5.74, 6) is -2.45. The lowest BCUT2D eigenvalue weighted by molar-refractivity contribution is -0.321. The molecule has 0 saturated carbocycles. The quantitative estimate of drug-likeness (QED) is 0.188. The maximum Gasteiger partial charge on any atom is 0.311 e. The second kappa shape index (κ2) is 22.0. The first-order valence-electron chi connectivity index (χ1n) is 22.0. The van der Waals surface area contributed by atoms with Gasteiger partial charge in [-0.2, -0.15) is 0 Å². The zero-order chi connectivity index (χ0) is 45.6. The van der Waals surface area contributed by atoms with E-state index in [1.165, 1.54) is 18.4 Å². The normalized spacial score (nSPS) is 37.4. The zero-order valence-corrected chi connectivity index (χ0v) is 39.9. The van der Waals surface area contributed by atoms with Crippen LogP contribution in [0, 0.1) is 24.7 Å². The summed E-state index contributed by atoms with van der Waals surface area (Å²) in [6, 6.07) is -0.133. The smallest absolute Gasteiger partial charge is 0.311 e. The number of amides is 2. The SMILES string of the molecule is CO[C@]1(C)C[C@H](O[C@H]2[C@H](C)[C@@H](O[C@@H]3O[C@H](C)C[C@H](N(C)C)[C@H]3OCCCNC(=O)c3sc(C(C)C)nc3C)[C@](C)(O)C[C@@H](C)CN(C)C(=O)CCOC(=O)[C@@H]2C)O[C@@H](C)[C@@H]1O. The first kappa shape index (κ1) is 51.3. The number of nitrogens with zero attached hydrogens (tertiary/aromatic N) is 3. The number of cyclic esters (lactones) is 1. The van der Waals surface area contributed by atoms with Crippen molar-refractivity contribution in [2.75, 3.05) is 54.6 Å². The van der Waals surface area contributed by atoms with Crippen LogP contribution in [0.1, 0.15) is 121 Å². The summed E-state index contributed by atoms with van der Waals surface area (Å²) in [7, 11) is 7.18. The number of aliphatic hydroxyl groups is 2. The van der Waals surface area contributed by atoms with E-state index in [-0.39, 0.29) is 68.3 Å². The molecular weight excluding hydrogens is 809 g/mol. The van der Waals surface area contributed by atoms with Gasteiger partial charge in [-0.15, -0.1) is 11.3 Å². The van der Waals surface area contributed by atoms with Gasteiger partial charge in [-0.3, -0.25) is 14.4 Å². The molecule has 0 spiro atoms. The van der Waals surface area contributed by atoms with E-state index in [2.05, 4.69) is 29.0 Å². The molecule has 3 saturated heterocycles. The Morgan fingerprint density at radius 2 is 1.77 bits per heavy atom. The summed E-state index contributed by atoms with van der Waals surface area (Å²) in [4.78, 5) is 48.8. The van der Waals surface area contributed by atoms with Crippen molar-refractivity contribution >= 4 is 29.1 Å². The molecule has 16 nitrogen and oxygen atoms in total. The number of hydrogen-bond donors (Lipinski definition) is 3. The number of esters is 1. The summed E-state index contributed by atoms with van der Waals surface area (Å²) in [6.07, 6.45) is -4.66. The Labute approximate surface area is 367 Å². The van der Waals surface area contributed by atoms with Crippen molar-refractivity contribution < 1.29 is 57.8 Å². The van der Waals surface area contributed by atoms with Crippen LogP contribution in [0.3, 0.4) is 0 Å². The molecule has 3 aliphatic rings. The van der Waals surface area contributed by atoms with E-state index in [1.54, 1.807) is 39.6 Å². The van der Waals surface area contributed by atoms with Crippen molar-refractivity contribution in [2.24, 2.45) is 17.8 Å². The highest BCUT2D eigenvalue weighted by molar-refractivity contribution is 7.13. The van der Waals surface area contributed by atoms with Crippen LogP contribution >= 0.6 is 11.3 Å². The number of rotatable bonds is 13. The molecule has 350 valence electrons. The van der Waals surface area contributed by atoms with Crippen molar-refractivity contribution in [1.82, 2.24) is 20.1 Å². The summed E-state index contributed by atoms with van der Waals surface area (Å²) >= 11 is 1.42. The van der Waals surface area contributed by atoms with Crippen LogP contribution in [0.5, 0.6) is 0 Å². The monoisotopic (exact) mass is 885 g/mol. The maximum absolute atomic E-state index is 13.8. The fourth-order valence-electron chi connectivity index (χ4n) is 9.04. The number of thiazole rings is 1. The molecule has 1 aromatic heterocycles. The lowest BCUT2D eigenvalue weighted by Crippen LogP contribution is -2.61. The van der Waals surface area contributed by atoms with E-state index >= 15 is 0 Å². The first-order valence-corrected chi connectivity index (χ1v) is 22.8. The van der Waals surface area contributed by atoms with Gasteiger partial charge >= 0.3 is 5.97 Å². The molecule has 61 heavy (non-hydrogen) atoms. The fraction of sp³-hybridized carbons (Fsp3) is 0.864. The Hall–Kier alpha value is -2.32. The molecule has 3 aliphatic heterocycles. The number of aromatic nitrogens is 1. The van der Waals surface area contributed by atoms with Gasteiger partial charge in [0.05, 0.1) is 58.7 Å². The van der Waals surface area contributed by atoms with Crippen LogP contribution in [0.25, 0.3) is 0 Å². The molecule has 0 radical (unpaired) electrons. The average molecular weight is 885 g/mol. The highest BCUT2D eigenvalue weighted by Crippen LogP contribution is 2.40. The number of hydrogen-bond acceptors (Lipinski definition) is 15. The number of carbonyl (C=O) groups excluding carboxylic acids is 3. The number of aliphatic hydroxyl groups excluding tert-OH is 1. The van der Waals surface area contributed by atoms with Gasteiger partial charge in [0.25, 0.3) is 5.91 Å². The molecule has 3 N–H and O–H groups in total. The van der Waals surface area contributed by atoms with Gasteiger partial charge in [0, 0.05) is 58.2 Å². The highest BCUT2D eigenvalue weighted by Gasteiger charge is 2.51. The minimum Gasteiger partial charge on any atom is -0.465 e. The van der Waals surface area contributed by atoms with E-state index in [0.29, 0.717) is 30.8 Å². The maximum atomic E-state index is 13.8. The van der Waals surface area contributed by atoms with Crippen LogP contribution < -0.4 is 5.32 Å². The predicted molar refractivity (Wildman–Crippen MR) is 230 cm³/mol. The number of nitrogens with one attached hydrogen (secondary N) is 1. The van der Waals surface area contributed by atoms with Gasteiger partial charge in [0.2, 0.25) is 5.91 Å². The molecule has 2 amide bonds. The number of carbonyl (C=O) groups is 3. The molecule has 3 fully saturated rings. The Morgan fingerprint density at radius 3 is 2.39 bits per heavy atom. The Bertz CT molecular complexity index is 1590. The summed E-state index contributed by atoms with van der Waals surface area (Å²) < 4.78 is 44.6. The molecule has 0 bridgehead atoms. The molecule has 0 unspecified atom stereocenters. The standard InChI is InChI=1S/C44H76N4O12S/c1-24(2)40-46-29(7)36(61-40)39(51)45-17-15-18-55-35-31(47(11)12)20-26(4)57-42(35)60-38-27(5)34(59-33-22-44(10,54-14)37(50)30(8)58-33)28(6)41(52)56-19-16-32(49)48(13)23-25(3)21-43(38,9)53/h24-28,30-31,33-35,37-38,42,50,53H,15-23H2,1-14H3,(H,45,51)/t25-,26-,27+,28-,30+,31+,33+,34+,35-,37+,38-,42+,43-,44-/m1/s1. The summed E-state index contributed by atoms with van der Waals surface area (Å²) in [5.41, 5.74) is -1.83. The topological polar surface area (TPSA) is 188 Å². The van der Waals surface area contributed by atoms with Crippen LogP contribution in [-0.4, -0.2) is 164 Å². The van der Waals surface area contributed by atoms with Gasteiger partial charge in [-0.1, -0.05) is 27.7 Å². The van der Waals surface area contributed by atoms with Gasteiger partial charge in [-0.25, -0.2) is 4.98 Å². The van der Waals surface area contributed by atoms with Crippen molar-refractivity contribution in [1.29, 1.82) is 0 Å².